The van der Waals surface area contributed by atoms with E-state index in [1.807, 2.05) is 20.0 Å². The number of sulfonamides is 1. The molecule has 1 heterocycles. The minimum Gasteiger partial charge on any atom is -0.315 e. The van der Waals surface area contributed by atoms with Crippen molar-refractivity contribution >= 4 is 58.9 Å². The van der Waals surface area contributed by atoms with Gasteiger partial charge in [0.2, 0.25) is 0 Å². The van der Waals surface area contributed by atoms with Gasteiger partial charge in [-0.3, -0.25) is 4.72 Å². The molecule has 8 heteroatoms. The summed E-state index contributed by atoms with van der Waals surface area (Å²) in [4.78, 5) is 1.22. The Morgan fingerprint density at radius 2 is 1.95 bits per heavy atom. The monoisotopic (exact) mass is 452 g/mol. The molecule has 1 aromatic heterocycles. The number of aryl methyl sites for hydroxylation is 1. The van der Waals surface area contributed by atoms with Gasteiger partial charge < -0.3 is 5.32 Å². The maximum Gasteiger partial charge on any atom is 0.263 e. The van der Waals surface area contributed by atoms with E-state index in [0.717, 1.165) is 14.9 Å². The molecule has 0 aliphatic rings. The summed E-state index contributed by atoms with van der Waals surface area (Å²) in [6.07, 6.45) is 0. The Morgan fingerprint density at radius 3 is 2.57 bits per heavy atom. The van der Waals surface area contributed by atoms with E-state index in [-0.39, 0.29) is 4.90 Å². The van der Waals surface area contributed by atoms with Crippen molar-refractivity contribution in [2.75, 3.05) is 11.8 Å². The molecule has 0 fully saturated rings. The number of thiophene rings is 1. The van der Waals surface area contributed by atoms with E-state index in [1.54, 1.807) is 18.2 Å². The van der Waals surface area contributed by atoms with Gasteiger partial charge in [-0.1, -0.05) is 15.9 Å². The molecule has 0 radical (unpaired) electrons. The van der Waals surface area contributed by atoms with Crippen LogP contribution in [0.2, 0.25) is 0 Å². The van der Waals surface area contributed by atoms with E-state index < -0.39 is 10.0 Å². The second kappa shape index (κ2) is 6.78. The van der Waals surface area contributed by atoms with Gasteiger partial charge in [0.1, 0.15) is 4.90 Å². The molecule has 114 valence electrons. The number of rotatable bonds is 5. The zero-order chi connectivity index (χ0) is 15.6. The smallest absolute Gasteiger partial charge is 0.263 e. The number of anilines is 1. The first-order valence-electron chi connectivity index (χ1n) is 6.05. The van der Waals surface area contributed by atoms with Crippen molar-refractivity contribution in [3.8, 4) is 0 Å². The molecule has 1 aromatic carbocycles. The van der Waals surface area contributed by atoms with Gasteiger partial charge in [-0.05, 0) is 59.7 Å². The Morgan fingerprint density at radius 1 is 1.24 bits per heavy atom. The molecule has 2 N–H and O–H groups in total. The maximum atomic E-state index is 12.5. The third kappa shape index (κ3) is 4.07. The predicted octanol–water partition coefficient (Wildman–Crippen LogP) is 4.10. The molecule has 0 aliphatic carbocycles. The Balaban J connectivity index is 2.31. The van der Waals surface area contributed by atoms with E-state index in [9.17, 15) is 8.42 Å². The summed E-state index contributed by atoms with van der Waals surface area (Å²) in [5.41, 5.74) is 1.51. The molecular formula is C13H14Br2N2O2S2. The van der Waals surface area contributed by atoms with Gasteiger partial charge in [-0.2, -0.15) is 0 Å². The highest BCUT2D eigenvalue weighted by Crippen LogP contribution is 2.33. The minimum atomic E-state index is -3.60. The highest BCUT2D eigenvalue weighted by atomic mass is 79.9. The van der Waals surface area contributed by atoms with Gasteiger partial charge in [0.15, 0.2) is 0 Å². The van der Waals surface area contributed by atoms with E-state index in [4.69, 9.17) is 0 Å². The zero-order valence-electron chi connectivity index (χ0n) is 11.4. The fourth-order valence-corrected chi connectivity index (χ4v) is 5.75. The quantitative estimate of drug-likeness (QED) is 0.716. The summed E-state index contributed by atoms with van der Waals surface area (Å²) in [6, 6.07) is 7.02. The summed E-state index contributed by atoms with van der Waals surface area (Å²) in [7, 11) is -1.78. The van der Waals surface area contributed by atoms with Crippen molar-refractivity contribution in [3.05, 3.63) is 43.0 Å². The molecule has 0 saturated carbocycles. The zero-order valence-corrected chi connectivity index (χ0v) is 16.2. The van der Waals surface area contributed by atoms with Gasteiger partial charge in [-0.15, -0.1) is 11.3 Å². The van der Waals surface area contributed by atoms with Gasteiger partial charge in [-0.25, -0.2) is 8.42 Å². The summed E-state index contributed by atoms with van der Waals surface area (Å²) < 4.78 is 29.1. The predicted molar refractivity (Wildman–Crippen MR) is 94.5 cm³/mol. The molecule has 4 nitrogen and oxygen atoms in total. The number of nitrogens with one attached hydrogen (secondary N) is 2. The second-order valence-electron chi connectivity index (χ2n) is 4.45. The molecular weight excluding hydrogens is 440 g/mol. The Kier molecular flexibility index (Phi) is 5.48. The minimum absolute atomic E-state index is 0.262. The molecule has 0 unspecified atom stereocenters. The van der Waals surface area contributed by atoms with Crippen LogP contribution in [0.3, 0.4) is 0 Å². The Hall–Kier alpha value is -0.410. The summed E-state index contributed by atoms with van der Waals surface area (Å²) in [5, 5.41) is 3.01. The fourth-order valence-electron chi connectivity index (χ4n) is 1.76. The van der Waals surface area contributed by atoms with Crippen LogP contribution >= 0.6 is 43.2 Å². The SMILES string of the molecule is CNCc1cc(S(=O)(=O)Nc2ccc(Br)c(C)c2)c(Br)s1. The van der Waals surface area contributed by atoms with Crippen molar-refractivity contribution in [2.45, 2.75) is 18.4 Å². The highest BCUT2D eigenvalue weighted by molar-refractivity contribution is 9.11. The van der Waals surface area contributed by atoms with Crippen LogP contribution in [-0.2, 0) is 16.6 Å². The summed E-state index contributed by atoms with van der Waals surface area (Å²) in [6.45, 7) is 2.55. The van der Waals surface area contributed by atoms with Crippen LogP contribution in [0.15, 0.2) is 37.4 Å². The Bertz CT molecular complexity index is 758. The topological polar surface area (TPSA) is 58.2 Å². The molecule has 0 amide bonds. The first-order valence-corrected chi connectivity index (χ1v) is 9.94. The van der Waals surface area contributed by atoms with Crippen molar-refractivity contribution < 1.29 is 8.42 Å². The molecule has 2 aromatic rings. The number of hydrogen-bond donors (Lipinski definition) is 2. The molecule has 0 aliphatic heterocycles. The van der Waals surface area contributed by atoms with E-state index >= 15 is 0 Å². The van der Waals surface area contributed by atoms with Crippen LogP contribution in [0.1, 0.15) is 10.4 Å². The van der Waals surface area contributed by atoms with Crippen molar-refractivity contribution in [1.82, 2.24) is 5.32 Å². The maximum absolute atomic E-state index is 12.5. The third-order valence-electron chi connectivity index (χ3n) is 2.76. The molecule has 0 atom stereocenters. The van der Waals surface area contributed by atoms with Crippen LogP contribution in [0.5, 0.6) is 0 Å². The van der Waals surface area contributed by atoms with Crippen LogP contribution in [0, 0.1) is 6.92 Å². The lowest BCUT2D eigenvalue weighted by molar-refractivity contribution is 0.601. The van der Waals surface area contributed by atoms with Crippen LogP contribution in [-0.4, -0.2) is 15.5 Å². The van der Waals surface area contributed by atoms with Crippen molar-refractivity contribution in [2.24, 2.45) is 0 Å². The van der Waals surface area contributed by atoms with Crippen LogP contribution in [0.25, 0.3) is 0 Å². The second-order valence-corrected chi connectivity index (χ2v) is 9.41. The van der Waals surface area contributed by atoms with Crippen LogP contribution in [0.4, 0.5) is 5.69 Å². The van der Waals surface area contributed by atoms with Gasteiger partial charge in [0, 0.05) is 21.6 Å². The average Bonchev–Trinajstić information content (AvgIpc) is 2.76. The van der Waals surface area contributed by atoms with E-state index in [0.29, 0.717) is 16.0 Å². The molecule has 0 bridgehead atoms. The first kappa shape index (κ1) is 17.0. The molecule has 0 spiro atoms. The first-order chi connectivity index (χ1) is 9.83. The molecule has 2 rings (SSSR count). The number of benzene rings is 1. The lowest BCUT2D eigenvalue weighted by atomic mass is 10.2. The Labute approximate surface area is 145 Å². The van der Waals surface area contributed by atoms with Gasteiger partial charge in [0.05, 0.1) is 3.79 Å². The lowest BCUT2D eigenvalue weighted by Gasteiger charge is -2.08. The normalized spacial score (nSPS) is 11.6. The highest BCUT2D eigenvalue weighted by Gasteiger charge is 2.21. The van der Waals surface area contributed by atoms with Gasteiger partial charge in [0.25, 0.3) is 10.0 Å². The standard InChI is InChI=1S/C13H14Br2N2O2S2/c1-8-5-9(3-4-11(8)14)17-21(18,19)12-6-10(7-16-2)20-13(12)15/h3-6,16-17H,7H2,1-2H3. The molecule has 0 saturated heterocycles. The largest absolute Gasteiger partial charge is 0.315 e. The average molecular weight is 454 g/mol. The van der Waals surface area contributed by atoms with Crippen molar-refractivity contribution in [3.63, 3.8) is 0 Å². The molecule has 21 heavy (non-hydrogen) atoms. The third-order valence-corrected chi connectivity index (χ3v) is 7.28. The van der Waals surface area contributed by atoms with E-state index in [1.165, 1.54) is 11.3 Å². The number of hydrogen-bond acceptors (Lipinski definition) is 4. The summed E-state index contributed by atoms with van der Waals surface area (Å²) >= 11 is 8.13. The number of halogens is 2. The van der Waals surface area contributed by atoms with Crippen molar-refractivity contribution in [1.29, 1.82) is 0 Å². The fraction of sp³-hybridized carbons (Fsp3) is 0.231. The summed E-state index contributed by atoms with van der Waals surface area (Å²) in [5.74, 6) is 0. The van der Waals surface area contributed by atoms with Gasteiger partial charge >= 0.3 is 0 Å². The van der Waals surface area contributed by atoms with E-state index in [2.05, 4.69) is 41.9 Å². The van der Waals surface area contributed by atoms with Crippen LogP contribution < -0.4 is 10.0 Å². The lowest BCUT2D eigenvalue weighted by Crippen LogP contribution is -2.13.